The molecule has 5 nitrogen and oxygen atoms in total. The van der Waals surface area contributed by atoms with Crippen LogP contribution in [0.2, 0.25) is 0 Å². The lowest BCUT2D eigenvalue weighted by Crippen LogP contribution is -2.40. The molecule has 1 atom stereocenters. The molecule has 2 heterocycles. The van der Waals surface area contributed by atoms with E-state index < -0.39 is 5.82 Å². The van der Waals surface area contributed by atoms with Crippen molar-refractivity contribution in [2.75, 3.05) is 39.3 Å². The van der Waals surface area contributed by atoms with E-state index in [1.807, 2.05) is 4.90 Å². The quantitative estimate of drug-likeness (QED) is 0.875. The monoisotopic (exact) mass is 355 g/mol. The first-order valence-corrected chi connectivity index (χ1v) is 8.19. The van der Waals surface area contributed by atoms with Crippen LogP contribution in [0, 0.1) is 11.7 Å². The van der Waals surface area contributed by atoms with Gasteiger partial charge in [-0.3, -0.25) is 9.59 Å². The van der Waals surface area contributed by atoms with Crippen LogP contribution in [0.15, 0.2) is 24.3 Å². The zero-order chi connectivity index (χ0) is 16.2. The average molecular weight is 356 g/mol. The van der Waals surface area contributed by atoms with Gasteiger partial charge in [-0.25, -0.2) is 4.39 Å². The maximum atomic E-state index is 13.3. The minimum absolute atomic E-state index is 0. The van der Waals surface area contributed by atoms with E-state index in [0.717, 1.165) is 25.9 Å². The molecule has 1 N–H and O–H groups in total. The highest BCUT2D eigenvalue weighted by molar-refractivity contribution is 5.94. The number of nitrogens with one attached hydrogen (secondary N) is 1. The standard InChI is InChI=1S/C17H22FN3O2.ClH/c18-15-4-1-3-13(11-15)16(22)20-7-2-8-21(10-9-20)17(23)14-5-6-19-12-14;/h1,3-4,11,14,19H,2,5-10,12H2;1H. The van der Waals surface area contributed by atoms with Gasteiger partial charge < -0.3 is 15.1 Å². The summed E-state index contributed by atoms with van der Waals surface area (Å²) in [5.74, 6) is -0.312. The lowest BCUT2D eigenvalue weighted by atomic mass is 10.1. The van der Waals surface area contributed by atoms with Gasteiger partial charge in [0.2, 0.25) is 5.91 Å². The van der Waals surface area contributed by atoms with Crippen molar-refractivity contribution in [2.24, 2.45) is 5.92 Å². The molecule has 7 heteroatoms. The normalized spacial score (nSPS) is 21.1. The molecule has 1 unspecified atom stereocenters. The van der Waals surface area contributed by atoms with E-state index in [1.165, 1.54) is 12.1 Å². The molecule has 132 valence electrons. The lowest BCUT2D eigenvalue weighted by Gasteiger charge is -2.24. The van der Waals surface area contributed by atoms with Crippen LogP contribution in [0.5, 0.6) is 0 Å². The summed E-state index contributed by atoms with van der Waals surface area (Å²) >= 11 is 0. The molecule has 2 amide bonds. The molecular weight excluding hydrogens is 333 g/mol. The van der Waals surface area contributed by atoms with Crippen LogP contribution in [-0.4, -0.2) is 60.9 Å². The van der Waals surface area contributed by atoms with E-state index in [0.29, 0.717) is 31.7 Å². The van der Waals surface area contributed by atoms with Crippen molar-refractivity contribution in [2.45, 2.75) is 12.8 Å². The first-order valence-electron chi connectivity index (χ1n) is 8.19. The number of benzene rings is 1. The van der Waals surface area contributed by atoms with Gasteiger partial charge in [0.05, 0.1) is 5.92 Å². The lowest BCUT2D eigenvalue weighted by molar-refractivity contribution is -0.134. The maximum absolute atomic E-state index is 13.3. The van der Waals surface area contributed by atoms with Crippen LogP contribution in [0.3, 0.4) is 0 Å². The summed E-state index contributed by atoms with van der Waals surface area (Å²) in [5.41, 5.74) is 0.366. The molecule has 1 aromatic carbocycles. The molecule has 0 radical (unpaired) electrons. The Morgan fingerprint density at radius 1 is 1.12 bits per heavy atom. The summed E-state index contributed by atoms with van der Waals surface area (Å²) in [6.45, 7) is 3.98. The third kappa shape index (κ3) is 4.24. The molecule has 24 heavy (non-hydrogen) atoms. The summed E-state index contributed by atoms with van der Waals surface area (Å²) in [5, 5.41) is 3.21. The molecule has 0 saturated carbocycles. The van der Waals surface area contributed by atoms with Crippen LogP contribution in [-0.2, 0) is 4.79 Å². The van der Waals surface area contributed by atoms with E-state index >= 15 is 0 Å². The predicted molar refractivity (Wildman–Crippen MR) is 91.7 cm³/mol. The van der Waals surface area contributed by atoms with Gasteiger partial charge in [-0.05, 0) is 37.6 Å². The Morgan fingerprint density at radius 2 is 1.88 bits per heavy atom. The van der Waals surface area contributed by atoms with Crippen molar-refractivity contribution in [3.63, 3.8) is 0 Å². The van der Waals surface area contributed by atoms with E-state index in [1.54, 1.807) is 17.0 Å². The van der Waals surface area contributed by atoms with Gasteiger partial charge in [-0.1, -0.05) is 6.07 Å². The molecule has 2 saturated heterocycles. The van der Waals surface area contributed by atoms with Crippen molar-refractivity contribution < 1.29 is 14.0 Å². The first kappa shape index (κ1) is 18.7. The van der Waals surface area contributed by atoms with Crippen LogP contribution in [0.4, 0.5) is 4.39 Å². The first-order chi connectivity index (χ1) is 11.1. The van der Waals surface area contributed by atoms with Gasteiger partial charge in [0, 0.05) is 38.3 Å². The Hall–Kier alpha value is -1.66. The minimum atomic E-state index is -0.406. The molecule has 0 aromatic heterocycles. The zero-order valence-corrected chi connectivity index (χ0v) is 14.4. The van der Waals surface area contributed by atoms with Gasteiger partial charge in [-0.2, -0.15) is 0 Å². The van der Waals surface area contributed by atoms with Gasteiger partial charge in [0.15, 0.2) is 0 Å². The van der Waals surface area contributed by atoms with Crippen molar-refractivity contribution in [1.82, 2.24) is 15.1 Å². The average Bonchev–Trinajstić information content (AvgIpc) is 2.98. The number of amides is 2. The van der Waals surface area contributed by atoms with Crippen molar-refractivity contribution >= 4 is 24.2 Å². The summed E-state index contributed by atoms with van der Waals surface area (Å²) in [7, 11) is 0. The number of nitrogens with zero attached hydrogens (tertiary/aromatic N) is 2. The molecule has 1 aromatic rings. The topological polar surface area (TPSA) is 52.7 Å². The number of halogens is 2. The van der Waals surface area contributed by atoms with Crippen LogP contribution in [0.1, 0.15) is 23.2 Å². The Morgan fingerprint density at radius 3 is 2.58 bits per heavy atom. The molecule has 2 aliphatic heterocycles. The highest BCUT2D eigenvalue weighted by Gasteiger charge is 2.29. The van der Waals surface area contributed by atoms with Crippen LogP contribution >= 0.6 is 12.4 Å². The smallest absolute Gasteiger partial charge is 0.254 e. The second-order valence-electron chi connectivity index (χ2n) is 6.17. The third-order valence-electron chi connectivity index (χ3n) is 4.58. The molecule has 2 fully saturated rings. The number of carbonyl (C=O) groups is 2. The second-order valence-corrected chi connectivity index (χ2v) is 6.17. The Kier molecular flexibility index (Phi) is 6.57. The van der Waals surface area contributed by atoms with E-state index in [9.17, 15) is 14.0 Å². The van der Waals surface area contributed by atoms with Gasteiger partial charge in [0.1, 0.15) is 5.82 Å². The SMILES string of the molecule is Cl.O=C(c1cccc(F)c1)N1CCCN(C(=O)C2CCNC2)CC1. The Balaban J connectivity index is 0.00000208. The molecule has 3 rings (SSSR count). The second kappa shape index (κ2) is 8.44. The fraction of sp³-hybridized carbons (Fsp3) is 0.529. The summed E-state index contributed by atoms with van der Waals surface area (Å²) in [6.07, 6.45) is 1.65. The van der Waals surface area contributed by atoms with Crippen LogP contribution in [0.25, 0.3) is 0 Å². The summed E-state index contributed by atoms with van der Waals surface area (Å²) in [4.78, 5) is 28.5. The fourth-order valence-electron chi connectivity index (χ4n) is 3.27. The molecule has 0 spiro atoms. The number of hydrogen-bond acceptors (Lipinski definition) is 3. The molecule has 2 aliphatic rings. The highest BCUT2D eigenvalue weighted by Crippen LogP contribution is 2.15. The zero-order valence-electron chi connectivity index (χ0n) is 13.5. The highest BCUT2D eigenvalue weighted by atomic mass is 35.5. The molecule has 0 aliphatic carbocycles. The van der Waals surface area contributed by atoms with Crippen molar-refractivity contribution in [3.05, 3.63) is 35.6 Å². The Labute approximate surface area is 147 Å². The maximum Gasteiger partial charge on any atom is 0.254 e. The summed E-state index contributed by atoms with van der Waals surface area (Å²) in [6, 6.07) is 5.77. The predicted octanol–water partition coefficient (Wildman–Crippen LogP) is 1.53. The summed E-state index contributed by atoms with van der Waals surface area (Å²) < 4.78 is 13.3. The largest absolute Gasteiger partial charge is 0.341 e. The van der Waals surface area contributed by atoms with Crippen molar-refractivity contribution in [1.29, 1.82) is 0 Å². The third-order valence-corrected chi connectivity index (χ3v) is 4.58. The van der Waals surface area contributed by atoms with Crippen molar-refractivity contribution in [3.8, 4) is 0 Å². The van der Waals surface area contributed by atoms with E-state index in [4.69, 9.17) is 0 Å². The van der Waals surface area contributed by atoms with Crippen LogP contribution < -0.4 is 5.32 Å². The minimum Gasteiger partial charge on any atom is -0.341 e. The van der Waals surface area contributed by atoms with E-state index in [2.05, 4.69) is 5.32 Å². The number of carbonyl (C=O) groups excluding carboxylic acids is 2. The van der Waals surface area contributed by atoms with Gasteiger partial charge in [-0.15, -0.1) is 12.4 Å². The van der Waals surface area contributed by atoms with Gasteiger partial charge >= 0.3 is 0 Å². The molecular formula is C17H23ClFN3O2. The number of rotatable bonds is 2. The molecule has 0 bridgehead atoms. The van der Waals surface area contributed by atoms with Gasteiger partial charge in [0.25, 0.3) is 5.91 Å². The fourth-order valence-corrected chi connectivity index (χ4v) is 3.27. The van der Waals surface area contributed by atoms with E-state index in [-0.39, 0.29) is 30.1 Å². The Bertz CT molecular complexity index is 593. The number of hydrogen-bond donors (Lipinski definition) is 1.